The quantitative estimate of drug-likeness (QED) is 0.845. The summed E-state index contributed by atoms with van der Waals surface area (Å²) < 4.78 is 1.81. The molecule has 2 heterocycles. The van der Waals surface area contributed by atoms with Gasteiger partial charge in [0, 0.05) is 32.0 Å². The fourth-order valence-electron chi connectivity index (χ4n) is 1.55. The van der Waals surface area contributed by atoms with Gasteiger partial charge in [-0.2, -0.15) is 5.10 Å². The summed E-state index contributed by atoms with van der Waals surface area (Å²) in [7, 11) is 1.92. The molecule has 0 radical (unpaired) electrons. The van der Waals surface area contributed by atoms with Crippen LogP contribution >= 0.6 is 0 Å². The summed E-state index contributed by atoms with van der Waals surface area (Å²) in [6, 6.07) is 8.20. The summed E-state index contributed by atoms with van der Waals surface area (Å²) in [6.07, 6.45) is 3.76. The minimum Gasteiger partial charge on any atom is -0.303 e. The molecule has 0 saturated carbocycles. The molecule has 0 saturated heterocycles. The molecule has 16 heavy (non-hydrogen) atoms. The topological polar surface area (TPSA) is 42.7 Å². The maximum Gasteiger partial charge on any atom is 0.0762 e. The Morgan fingerprint density at radius 3 is 2.88 bits per heavy atom. The van der Waals surface area contributed by atoms with E-state index in [0.717, 1.165) is 17.9 Å². The van der Waals surface area contributed by atoms with E-state index in [2.05, 4.69) is 22.3 Å². The molecule has 4 nitrogen and oxygen atoms in total. The minimum atomic E-state index is 0.239. The van der Waals surface area contributed by atoms with Crippen molar-refractivity contribution in [3.05, 3.63) is 48.0 Å². The molecule has 0 aliphatic heterocycles. The van der Waals surface area contributed by atoms with Crippen LogP contribution in [-0.4, -0.2) is 14.8 Å². The first-order chi connectivity index (χ1) is 7.75. The lowest BCUT2D eigenvalue weighted by Crippen LogP contribution is -2.19. The standard InChI is InChI=1S/C12H16N4/c1-10(12-5-3-4-7-13-12)14-9-11-6-8-16(2)15-11/h3-8,10,14H,9H2,1-2H3/t10-/m1/s1. The van der Waals surface area contributed by atoms with Crippen molar-refractivity contribution >= 4 is 0 Å². The molecule has 84 valence electrons. The molecule has 0 unspecified atom stereocenters. The number of nitrogens with zero attached hydrogens (tertiary/aromatic N) is 3. The third-order valence-corrected chi connectivity index (χ3v) is 2.49. The third kappa shape index (κ3) is 2.67. The van der Waals surface area contributed by atoms with Crippen LogP contribution < -0.4 is 5.32 Å². The van der Waals surface area contributed by atoms with Gasteiger partial charge in [-0.15, -0.1) is 0 Å². The Bertz CT molecular complexity index is 435. The van der Waals surface area contributed by atoms with E-state index in [9.17, 15) is 0 Å². The molecule has 0 aliphatic carbocycles. The van der Waals surface area contributed by atoms with Gasteiger partial charge in [-0.1, -0.05) is 6.07 Å². The van der Waals surface area contributed by atoms with Gasteiger partial charge in [0.15, 0.2) is 0 Å². The molecular weight excluding hydrogens is 200 g/mol. The SMILES string of the molecule is C[C@@H](NCc1ccn(C)n1)c1ccccn1. The summed E-state index contributed by atoms with van der Waals surface area (Å²) in [6.45, 7) is 2.86. The zero-order valence-electron chi connectivity index (χ0n) is 9.59. The zero-order chi connectivity index (χ0) is 11.4. The van der Waals surface area contributed by atoms with E-state index in [1.807, 2.05) is 48.4 Å². The highest BCUT2D eigenvalue weighted by molar-refractivity contribution is 5.08. The van der Waals surface area contributed by atoms with Gasteiger partial charge in [0.25, 0.3) is 0 Å². The second kappa shape index (κ2) is 4.90. The molecule has 2 aromatic rings. The van der Waals surface area contributed by atoms with Crippen molar-refractivity contribution in [3.8, 4) is 0 Å². The molecular formula is C12H16N4. The third-order valence-electron chi connectivity index (χ3n) is 2.49. The Balaban J connectivity index is 1.91. The van der Waals surface area contributed by atoms with Crippen molar-refractivity contribution in [3.63, 3.8) is 0 Å². The monoisotopic (exact) mass is 216 g/mol. The average molecular weight is 216 g/mol. The van der Waals surface area contributed by atoms with Gasteiger partial charge in [0.05, 0.1) is 11.4 Å². The first-order valence-electron chi connectivity index (χ1n) is 5.38. The van der Waals surface area contributed by atoms with Crippen LogP contribution in [0.4, 0.5) is 0 Å². The fourth-order valence-corrected chi connectivity index (χ4v) is 1.55. The van der Waals surface area contributed by atoms with E-state index in [0.29, 0.717) is 0 Å². The maximum atomic E-state index is 4.31. The maximum absolute atomic E-state index is 4.31. The van der Waals surface area contributed by atoms with Gasteiger partial charge in [0.1, 0.15) is 0 Å². The van der Waals surface area contributed by atoms with Crippen molar-refractivity contribution in [2.24, 2.45) is 7.05 Å². The van der Waals surface area contributed by atoms with Crippen LogP contribution in [0.1, 0.15) is 24.4 Å². The highest BCUT2D eigenvalue weighted by atomic mass is 15.3. The van der Waals surface area contributed by atoms with Crippen molar-refractivity contribution in [2.75, 3.05) is 0 Å². The fraction of sp³-hybridized carbons (Fsp3) is 0.333. The zero-order valence-corrected chi connectivity index (χ0v) is 9.59. The van der Waals surface area contributed by atoms with Crippen LogP contribution in [-0.2, 0) is 13.6 Å². The Morgan fingerprint density at radius 2 is 2.25 bits per heavy atom. The van der Waals surface area contributed by atoms with Gasteiger partial charge >= 0.3 is 0 Å². The number of aromatic nitrogens is 3. The molecule has 0 aromatic carbocycles. The molecule has 0 amide bonds. The molecule has 1 N–H and O–H groups in total. The Hall–Kier alpha value is -1.68. The lowest BCUT2D eigenvalue weighted by molar-refractivity contribution is 0.550. The number of hydrogen-bond acceptors (Lipinski definition) is 3. The largest absolute Gasteiger partial charge is 0.303 e. The number of nitrogens with one attached hydrogen (secondary N) is 1. The first kappa shape index (κ1) is 10.8. The van der Waals surface area contributed by atoms with E-state index in [-0.39, 0.29) is 6.04 Å². The van der Waals surface area contributed by atoms with E-state index in [1.165, 1.54) is 0 Å². The van der Waals surface area contributed by atoms with Gasteiger partial charge in [-0.3, -0.25) is 9.67 Å². The van der Waals surface area contributed by atoms with Crippen LogP contribution in [0.25, 0.3) is 0 Å². The van der Waals surface area contributed by atoms with Gasteiger partial charge in [-0.25, -0.2) is 0 Å². The Labute approximate surface area is 95.3 Å². The molecule has 2 aromatic heterocycles. The summed E-state index contributed by atoms with van der Waals surface area (Å²) in [5, 5.41) is 7.70. The molecule has 0 aliphatic rings. The molecule has 0 fully saturated rings. The van der Waals surface area contributed by atoms with Crippen molar-refractivity contribution in [1.82, 2.24) is 20.1 Å². The van der Waals surface area contributed by atoms with E-state index in [4.69, 9.17) is 0 Å². The summed E-state index contributed by atoms with van der Waals surface area (Å²) in [4.78, 5) is 4.31. The lowest BCUT2D eigenvalue weighted by Gasteiger charge is -2.11. The molecule has 4 heteroatoms. The van der Waals surface area contributed by atoms with Crippen LogP contribution in [0.15, 0.2) is 36.7 Å². The van der Waals surface area contributed by atoms with Crippen LogP contribution in [0.3, 0.4) is 0 Å². The first-order valence-corrected chi connectivity index (χ1v) is 5.38. The summed E-state index contributed by atoms with van der Waals surface area (Å²) >= 11 is 0. The lowest BCUT2D eigenvalue weighted by atomic mass is 10.2. The van der Waals surface area contributed by atoms with Crippen molar-refractivity contribution < 1.29 is 0 Å². The Morgan fingerprint density at radius 1 is 1.38 bits per heavy atom. The number of rotatable bonds is 4. The summed E-state index contributed by atoms with van der Waals surface area (Å²) in [5.74, 6) is 0. The van der Waals surface area contributed by atoms with Gasteiger partial charge in [-0.05, 0) is 25.1 Å². The van der Waals surface area contributed by atoms with Crippen LogP contribution in [0.2, 0.25) is 0 Å². The number of aryl methyl sites for hydroxylation is 1. The van der Waals surface area contributed by atoms with E-state index < -0.39 is 0 Å². The number of pyridine rings is 1. The average Bonchev–Trinajstić information content (AvgIpc) is 2.73. The number of hydrogen-bond donors (Lipinski definition) is 1. The molecule has 0 bridgehead atoms. The highest BCUT2D eigenvalue weighted by Crippen LogP contribution is 2.08. The summed E-state index contributed by atoms with van der Waals surface area (Å²) in [5.41, 5.74) is 2.10. The van der Waals surface area contributed by atoms with E-state index in [1.54, 1.807) is 0 Å². The van der Waals surface area contributed by atoms with Gasteiger partial charge < -0.3 is 5.32 Å². The van der Waals surface area contributed by atoms with Gasteiger partial charge in [0.2, 0.25) is 0 Å². The van der Waals surface area contributed by atoms with Crippen LogP contribution in [0.5, 0.6) is 0 Å². The molecule has 1 atom stereocenters. The van der Waals surface area contributed by atoms with Crippen molar-refractivity contribution in [2.45, 2.75) is 19.5 Å². The highest BCUT2D eigenvalue weighted by Gasteiger charge is 2.05. The predicted molar refractivity (Wildman–Crippen MR) is 62.7 cm³/mol. The second-order valence-electron chi connectivity index (χ2n) is 3.84. The second-order valence-corrected chi connectivity index (χ2v) is 3.84. The normalized spacial score (nSPS) is 12.6. The molecule has 2 rings (SSSR count). The smallest absolute Gasteiger partial charge is 0.0762 e. The molecule has 0 spiro atoms. The Kier molecular flexibility index (Phi) is 3.31. The van der Waals surface area contributed by atoms with Crippen molar-refractivity contribution in [1.29, 1.82) is 0 Å². The van der Waals surface area contributed by atoms with E-state index >= 15 is 0 Å². The minimum absolute atomic E-state index is 0.239. The predicted octanol–water partition coefficient (Wildman–Crippen LogP) is 1.67. The van der Waals surface area contributed by atoms with Crippen LogP contribution in [0, 0.1) is 0 Å².